The van der Waals surface area contributed by atoms with E-state index < -0.39 is 0 Å². The van der Waals surface area contributed by atoms with Gasteiger partial charge < -0.3 is 9.47 Å². The van der Waals surface area contributed by atoms with E-state index in [2.05, 4.69) is 27.4 Å². The first-order valence-corrected chi connectivity index (χ1v) is 8.73. The highest BCUT2D eigenvalue weighted by Crippen LogP contribution is 2.10. The molecule has 3 rings (SSSR count). The number of piperazine rings is 1. The topological polar surface area (TPSA) is 65.2 Å². The van der Waals surface area contributed by atoms with Gasteiger partial charge in [0, 0.05) is 63.6 Å². The van der Waals surface area contributed by atoms with E-state index in [4.69, 9.17) is 5.26 Å². The molecule has 1 fully saturated rings. The predicted octanol–water partition coefficient (Wildman–Crippen LogP) is 1.78. The van der Waals surface area contributed by atoms with Crippen molar-refractivity contribution in [3.8, 4) is 6.07 Å². The van der Waals surface area contributed by atoms with Crippen molar-refractivity contribution in [2.75, 3.05) is 32.7 Å². The summed E-state index contributed by atoms with van der Waals surface area (Å²) in [5.41, 5.74) is 1.23. The zero-order chi connectivity index (χ0) is 17.6. The second-order valence-corrected chi connectivity index (χ2v) is 6.21. The van der Waals surface area contributed by atoms with Gasteiger partial charge in [0.05, 0.1) is 11.6 Å². The second-order valence-electron chi connectivity index (χ2n) is 6.21. The lowest BCUT2D eigenvalue weighted by molar-refractivity contribution is 0.0633. The average Bonchev–Trinajstić information content (AvgIpc) is 3.14. The predicted molar refractivity (Wildman–Crippen MR) is 95.1 cm³/mol. The van der Waals surface area contributed by atoms with Crippen molar-refractivity contribution in [3.63, 3.8) is 0 Å². The quantitative estimate of drug-likeness (QED) is 0.834. The van der Waals surface area contributed by atoms with Crippen molar-refractivity contribution in [3.05, 3.63) is 53.6 Å². The Labute approximate surface area is 148 Å². The Morgan fingerprint density at radius 3 is 2.52 bits per heavy atom. The minimum absolute atomic E-state index is 0.0482. The van der Waals surface area contributed by atoms with E-state index in [0.29, 0.717) is 11.1 Å². The SMILES string of the molecule is CCc1nccn1CCN1CCN(C(=O)c2ccc(C#N)cc2)CC1. The number of aromatic nitrogens is 2. The number of carbonyl (C=O) groups excluding carboxylic acids is 1. The molecular weight excluding hydrogens is 314 g/mol. The maximum atomic E-state index is 12.5. The Morgan fingerprint density at radius 1 is 1.16 bits per heavy atom. The van der Waals surface area contributed by atoms with Crippen LogP contribution in [0.4, 0.5) is 0 Å². The van der Waals surface area contributed by atoms with Crippen LogP contribution in [-0.4, -0.2) is 58.0 Å². The molecule has 1 saturated heterocycles. The summed E-state index contributed by atoms with van der Waals surface area (Å²) in [6, 6.07) is 8.93. The normalized spacial score (nSPS) is 15.1. The molecule has 2 heterocycles. The van der Waals surface area contributed by atoms with Gasteiger partial charge in [0.25, 0.3) is 5.91 Å². The lowest BCUT2D eigenvalue weighted by Crippen LogP contribution is -2.49. The molecule has 2 aromatic rings. The van der Waals surface area contributed by atoms with Crippen LogP contribution in [0.5, 0.6) is 0 Å². The largest absolute Gasteiger partial charge is 0.336 e. The van der Waals surface area contributed by atoms with Crippen LogP contribution in [0.25, 0.3) is 0 Å². The van der Waals surface area contributed by atoms with Crippen LogP contribution < -0.4 is 0 Å². The molecule has 0 atom stereocenters. The molecule has 0 saturated carbocycles. The van der Waals surface area contributed by atoms with Crippen molar-refractivity contribution < 1.29 is 4.79 Å². The van der Waals surface area contributed by atoms with Gasteiger partial charge in [0.1, 0.15) is 5.82 Å². The number of hydrogen-bond acceptors (Lipinski definition) is 4. The molecule has 0 spiro atoms. The molecule has 0 aliphatic carbocycles. The third-order valence-electron chi connectivity index (χ3n) is 4.70. The van der Waals surface area contributed by atoms with Gasteiger partial charge in [-0.25, -0.2) is 4.98 Å². The molecule has 0 bridgehead atoms. The van der Waals surface area contributed by atoms with Gasteiger partial charge in [-0.05, 0) is 24.3 Å². The number of nitriles is 1. The molecule has 0 radical (unpaired) electrons. The summed E-state index contributed by atoms with van der Waals surface area (Å²) >= 11 is 0. The number of aryl methyl sites for hydroxylation is 1. The van der Waals surface area contributed by atoms with Crippen molar-refractivity contribution in [1.29, 1.82) is 5.26 Å². The van der Waals surface area contributed by atoms with Crippen LogP contribution in [-0.2, 0) is 13.0 Å². The van der Waals surface area contributed by atoms with E-state index in [-0.39, 0.29) is 5.91 Å². The monoisotopic (exact) mass is 337 g/mol. The third-order valence-corrected chi connectivity index (χ3v) is 4.70. The molecule has 1 aromatic carbocycles. The van der Waals surface area contributed by atoms with E-state index in [0.717, 1.165) is 51.5 Å². The van der Waals surface area contributed by atoms with Crippen molar-refractivity contribution >= 4 is 5.91 Å². The smallest absolute Gasteiger partial charge is 0.253 e. The van der Waals surface area contributed by atoms with Gasteiger partial charge in [-0.15, -0.1) is 0 Å². The summed E-state index contributed by atoms with van der Waals surface area (Å²) < 4.78 is 2.20. The Bertz CT molecular complexity index is 751. The zero-order valence-electron chi connectivity index (χ0n) is 14.6. The Kier molecular flexibility index (Phi) is 5.46. The van der Waals surface area contributed by atoms with E-state index >= 15 is 0 Å². The van der Waals surface area contributed by atoms with Crippen LogP contribution >= 0.6 is 0 Å². The summed E-state index contributed by atoms with van der Waals surface area (Å²) in [7, 11) is 0. The van der Waals surface area contributed by atoms with Crippen LogP contribution in [0.1, 0.15) is 28.7 Å². The number of hydrogen-bond donors (Lipinski definition) is 0. The Morgan fingerprint density at radius 2 is 1.88 bits per heavy atom. The molecule has 1 amide bonds. The molecule has 25 heavy (non-hydrogen) atoms. The second kappa shape index (κ2) is 7.95. The van der Waals surface area contributed by atoms with Crippen LogP contribution in [0, 0.1) is 11.3 Å². The lowest BCUT2D eigenvalue weighted by Gasteiger charge is -2.34. The number of imidazole rings is 1. The molecule has 0 N–H and O–H groups in total. The molecule has 6 nitrogen and oxygen atoms in total. The van der Waals surface area contributed by atoms with E-state index in [1.54, 1.807) is 24.3 Å². The van der Waals surface area contributed by atoms with Gasteiger partial charge >= 0.3 is 0 Å². The van der Waals surface area contributed by atoms with E-state index in [1.165, 1.54) is 0 Å². The summed E-state index contributed by atoms with van der Waals surface area (Å²) in [6.07, 6.45) is 4.83. The number of rotatable bonds is 5. The van der Waals surface area contributed by atoms with Crippen molar-refractivity contribution in [2.45, 2.75) is 19.9 Å². The van der Waals surface area contributed by atoms with E-state index in [9.17, 15) is 4.79 Å². The first-order chi connectivity index (χ1) is 12.2. The third kappa shape index (κ3) is 4.06. The van der Waals surface area contributed by atoms with Crippen LogP contribution in [0.15, 0.2) is 36.7 Å². The van der Waals surface area contributed by atoms with Gasteiger partial charge in [0.2, 0.25) is 0 Å². The number of benzene rings is 1. The van der Waals surface area contributed by atoms with Gasteiger partial charge in [-0.2, -0.15) is 5.26 Å². The van der Waals surface area contributed by atoms with Gasteiger partial charge in [0.15, 0.2) is 0 Å². The molecule has 1 aliphatic rings. The molecule has 130 valence electrons. The highest BCUT2D eigenvalue weighted by molar-refractivity contribution is 5.94. The molecule has 1 aliphatic heterocycles. The van der Waals surface area contributed by atoms with Crippen LogP contribution in [0.2, 0.25) is 0 Å². The standard InChI is InChI=1S/C19H23N5O/c1-2-18-21-7-8-23(18)12-9-22-10-13-24(14-11-22)19(25)17-5-3-16(15-20)4-6-17/h3-8H,2,9-14H2,1H3. The fourth-order valence-electron chi connectivity index (χ4n) is 3.15. The number of carbonyl (C=O) groups is 1. The Hall–Kier alpha value is -2.65. The summed E-state index contributed by atoms with van der Waals surface area (Å²) in [5.74, 6) is 1.17. The molecular formula is C19H23N5O. The highest BCUT2D eigenvalue weighted by Gasteiger charge is 2.22. The first kappa shape index (κ1) is 17.2. The highest BCUT2D eigenvalue weighted by atomic mass is 16.2. The summed E-state index contributed by atoms with van der Waals surface area (Å²) in [6.45, 7) is 7.28. The van der Waals surface area contributed by atoms with E-state index in [1.807, 2.05) is 17.3 Å². The fraction of sp³-hybridized carbons (Fsp3) is 0.421. The maximum absolute atomic E-state index is 12.5. The van der Waals surface area contributed by atoms with Gasteiger partial charge in [-0.1, -0.05) is 6.92 Å². The Balaban J connectivity index is 1.49. The van der Waals surface area contributed by atoms with Gasteiger partial charge in [-0.3, -0.25) is 9.69 Å². The minimum Gasteiger partial charge on any atom is -0.336 e. The molecule has 1 aromatic heterocycles. The first-order valence-electron chi connectivity index (χ1n) is 8.73. The summed E-state index contributed by atoms with van der Waals surface area (Å²) in [5, 5.41) is 8.84. The lowest BCUT2D eigenvalue weighted by atomic mass is 10.1. The minimum atomic E-state index is 0.0482. The zero-order valence-corrected chi connectivity index (χ0v) is 14.6. The molecule has 0 unspecified atom stereocenters. The molecule has 6 heteroatoms. The van der Waals surface area contributed by atoms with Crippen molar-refractivity contribution in [2.24, 2.45) is 0 Å². The van der Waals surface area contributed by atoms with Crippen LogP contribution in [0.3, 0.4) is 0 Å². The fourth-order valence-corrected chi connectivity index (χ4v) is 3.15. The number of amides is 1. The average molecular weight is 337 g/mol. The number of nitrogens with zero attached hydrogens (tertiary/aromatic N) is 5. The van der Waals surface area contributed by atoms with Crippen molar-refractivity contribution in [1.82, 2.24) is 19.4 Å². The maximum Gasteiger partial charge on any atom is 0.253 e. The summed E-state index contributed by atoms with van der Waals surface area (Å²) in [4.78, 5) is 21.2.